The van der Waals surface area contributed by atoms with E-state index in [0.717, 1.165) is 18.7 Å². The van der Waals surface area contributed by atoms with Crippen LogP contribution in [-0.2, 0) is 6.42 Å². The normalized spacial score (nSPS) is 17.7. The molecule has 3 heteroatoms. The van der Waals surface area contributed by atoms with Crippen LogP contribution in [-0.4, -0.2) is 18.1 Å². The fraction of sp³-hybridized carbons (Fsp3) is 0.389. The highest BCUT2D eigenvalue weighted by molar-refractivity contribution is 5.43. The first-order chi connectivity index (χ1) is 10.3. The molecule has 1 aliphatic rings. The summed E-state index contributed by atoms with van der Waals surface area (Å²) in [7, 11) is 0. The van der Waals surface area contributed by atoms with Crippen molar-refractivity contribution >= 4 is 0 Å². The number of pyridine rings is 1. The van der Waals surface area contributed by atoms with Crippen LogP contribution in [0.1, 0.15) is 42.5 Å². The van der Waals surface area contributed by atoms with Gasteiger partial charge in [-0.15, -0.1) is 0 Å². The van der Waals surface area contributed by atoms with E-state index in [2.05, 4.69) is 47.6 Å². The maximum Gasteiger partial charge on any atom is 0.137 e. The van der Waals surface area contributed by atoms with Crippen LogP contribution in [0.5, 0.6) is 5.75 Å². The molecule has 3 rings (SSSR count). The Morgan fingerprint density at radius 2 is 2.14 bits per heavy atom. The summed E-state index contributed by atoms with van der Waals surface area (Å²) in [4.78, 5) is 4.34. The van der Waals surface area contributed by atoms with Gasteiger partial charge < -0.3 is 10.1 Å². The third kappa shape index (κ3) is 2.79. The summed E-state index contributed by atoms with van der Waals surface area (Å²) < 4.78 is 5.59. The molecule has 0 spiro atoms. The molecule has 110 valence electrons. The van der Waals surface area contributed by atoms with E-state index in [-0.39, 0.29) is 0 Å². The van der Waals surface area contributed by atoms with E-state index >= 15 is 0 Å². The number of hydrogen-bond donors (Lipinski definition) is 1. The molecule has 2 aromatic rings. The van der Waals surface area contributed by atoms with Crippen LogP contribution in [0.15, 0.2) is 42.7 Å². The van der Waals surface area contributed by atoms with Gasteiger partial charge in [0.15, 0.2) is 0 Å². The molecule has 1 aromatic heterocycles. The molecule has 0 bridgehead atoms. The van der Waals surface area contributed by atoms with Crippen LogP contribution in [0.2, 0.25) is 0 Å². The summed E-state index contributed by atoms with van der Waals surface area (Å²) in [6.07, 6.45) is 4.87. The molecular weight excluding hydrogens is 260 g/mol. The Balaban J connectivity index is 1.87. The van der Waals surface area contributed by atoms with E-state index < -0.39 is 0 Å². The van der Waals surface area contributed by atoms with Gasteiger partial charge in [0, 0.05) is 18.2 Å². The van der Waals surface area contributed by atoms with Crippen molar-refractivity contribution in [3.63, 3.8) is 0 Å². The van der Waals surface area contributed by atoms with E-state index in [1.54, 1.807) is 6.20 Å². The molecule has 0 amide bonds. The van der Waals surface area contributed by atoms with Gasteiger partial charge >= 0.3 is 0 Å². The van der Waals surface area contributed by atoms with Gasteiger partial charge in [-0.05, 0) is 42.6 Å². The van der Waals surface area contributed by atoms with E-state index in [9.17, 15) is 0 Å². The number of aromatic nitrogens is 1. The molecule has 21 heavy (non-hydrogen) atoms. The highest BCUT2D eigenvalue weighted by Gasteiger charge is 2.33. The fourth-order valence-electron chi connectivity index (χ4n) is 3.16. The second-order valence-electron chi connectivity index (χ2n) is 5.43. The molecule has 0 fully saturated rings. The molecule has 1 aromatic carbocycles. The maximum atomic E-state index is 5.59. The Morgan fingerprint density at radius 1 is 1.29 bits per heavy atom. The minimum absolute atomic E-state index is 0.304. The Morgan fingerprint density at radius 3 is 2.90 bits per heavy atom. The molecule has 0 radical (unpaired) electrons. The predicted molar refractivity (Wildman–Crippen MR) is 84.7 cm³/mol. The SMILES string of the molecule is CCNC(c1cncc(OCC)c1)C1Cc2ccccc21. The molecule has 2 unspecified atom stereocenters. The third-order valence-corrected chi connectivity index (χ3v) is 4.13. The first kappa shape index (κ1) is 14.1. The zero-order chi connectivity index (χ0) is 14.7. The minimum atomic E-state index is 0.304. The highest BCUT2D eigenvalue weighted by atomic mass is 16.5. The summed E-state index contributed by atoms with van der Waals surface area (Å²) in [5.74, 6) is 1.38. The number of nitrogens with one attached hydrogen (secondary N) is 1. The Kier molecular flexibility index (Phi) is 4.20. The van der Waals surface area contributed by atoms with Gasteiger partial charge in [-0.3, -0.25) is 4.98 Å². The van der Waals surface area contributed by atoms with Gasteiger partial charge in [0.2, 0.25) is 0 Å². The van der Waals surface area contributed by atoms with Crippen molar-refractivity contribution in [2.75, 3.05) is 13.2 Å². The van der Waals surface area contributed by atoms with Crippen LogP contribution in [0.4, 0.5) is 0 Å². The average molecular weight is 282 g/mol. The van der Waals surface area contributed by atoms with Crippen molar-refractivity contribution in [1.82, 2.24) is 10.3 Å². The minimum Gasteiger partial charge on any atom is -0.492 e. The standard InChI is InChI=1S/C18H22N2O/c1-3-20-18(14-9-15(21-4-2)12-19-11-14)17-10-13-7-5-6-8-16(13)17/h5-9,11-12,17-18,20H,3-4,10H2,1-2H3. The second kappa shape index (κ2) is 6.27. The van der Waals surface area contributed by atoms with Crippen LogP contribution < -0.4 is 10.1 Å². The lowest BCUT2D eigenvalue weighted by molar-refractivity contribution is 0.336. The number of hydrogen-bond acceptors (Lipinski definition) is 3. The largest absolute Gasteiger partial charge is 0.492 e. The quantitative estimate of drug-likeness (QED) is 0.881. The summed E-state index contributed by atoms with van der Waals surface area (Å²) >= 11 is 0. The van der Waals surface area contributed by atoms with Gasteiger partial charge in [0.05, 0.1) is 12.8 Å². The molecule has 1 N–H and O–H groups in total. The van der Waals surface area contributed by atoms with E-state index in [0.29, 0.717) is 18.6 Å². The van der Waals surface area contributed by atoms with Crippen molar-refractivity contribution in [3.05, 3.63) is 59.4 Å². The molecule has 0 saturated carbocycles. The third-order valence-electron chi connectivity index (χ3n) is 4.13. The van der Waals surface area contributed by atoms with E-state index in [4.69, 9.17) is 4.74 Å². The van der Waals surface area contributed by atoms with Crippen LogP contribution in [0.3, 0.4) is 0 Å². The lowest BCUT2D eigenvalue weighted by atomic mass is 9.72. The van der Waals surface area contributed by atoms with Gasteiger partial charge in [-0.2, -0.15) is 0 Å². The Bertz CT molecular complexity index is 612. The smallest absolute Gasteiger partial charge is 0.137 e. The number of benzene rings is 1. The number of ether oxygens (including phenoxy) is 1. The van der Waals surface area contributed by atoms with Crippen molar-refractivity contribution in [3.8, 4) is 5.75 Å². The molecule has 1 heterocycles. The number of rotatable bonds is 6. The van der Waals surface area contributed by atoms with Crippen molar-refractivity contribution in [2.24, 2.45) is 0 Å². The van der Waals surface area contributed by atoms with Crippen molar-refractivity contribution in [2.45, 2.75) is 32.2 Å². The van der Waals surface area contributed by atoms with Crippen LogP contribution >= 0.6 is 0 Å². The molecular formula is C18H22N2O. The molecule has 3 nitrogen and oxygen atoms in total. The van der Waals surface area contributed by atoms with Gasteiger partial charge in [-0.1, -0.05) is 31.2 Å². The van der Waals surface area contributed by atoms with Gasteiger partial charge in [0.25, 0.3) is 0 Å². The Hall–Kier alpha value is -1.87. The summed E-state index contributed by atoms with van der Waals surface area (Å²) in [5, 5.41) is 3.62. The molecule has 0 saturated heterocycles. The predicted octanol–water partition coefficient (Wildman–Crippen LogP) is 3.47. The average Bonchev–Trinajstić information content (AvgIpc) is 2.48. The van der Waals surface area contributed by atoms with Crippen LogP contribution in [0.25, 0.3) is 0 Å². The zero-order valence-electron chi connectivity index (χ0n) is 12.7. The zero-order valence-corrected chi connectivity index (χ0v) is 12.7. The number of nitrogens with zero attached hydrogens (tertiary/aromatic N) is 1. The summed E-state index contributed by atoms with van der Waals surface area (Å²) in [6, 6.07) is 11.1. The van der Waals surface area contributed by atoms with Crippen molar-refractivity contribution in [1.29, 1.82) is 0 Å². The first-order valence-corrected chi connectivity index (χ1v) is 7.72. The summed E-state index contributed by atoms with van der Waals surface area (Å²) in [6.45, 7) is 5.76. The highest BCUT2D eigenvalue weighted by Crippen LogP contribution is 2.43. The van der Waals surface area contributed by atoms with E-state index in [1.165, 1.54) is 16.7 Å². The van der Waals surface area contributed by atoms with E-state index in [1.807, 2.05) is 13.1 Å². The topological polar surface area (TPSA) is 34.2 Å². The molecule has 0 aliphatic heterocycles. The van der Waals surface area contributed by atoms with Crippen LogP contribution in [0, 0.1) is 0 Å². The first-order valence-electron chi connectivity index (χ1n) is 7.72. The number of fused-ring (bicyclic) bond motifs is 1. The second-order valence-corrected chi connectivity index (χ2v) is 5.43. The lowest BCUT2D eigenvalue weighted by Crippen LogP contribution is -2.33. The fourth-order valence-corrected chi connectivity index (χ4v) is 3.16. The monoisotopic (exact) mass is 282 g/mol. The van der Waals surface area contributed by atoms with Gasteiger partial charge in [-0.25, -0.2) is 0 Å². The van der Waals surface area contributed by atoms with Gasteiger partial charge in [0.1, 0.15) is 5.75 Å². The Labute approximate surface area is 126 Å². The molecule has 1 aliphatic carbocycles. The lowest BCUT2D eigenvalue weighted by Gasteiger charge is -2.37. The van der Waals surface area contributed by atoms with Crippen molar-refractivity contribution < 1.29 is 4.74 Å². The molecule has 2 atom stereocenters. The maximum absolute atomic E-state index is 5.59. The number of likely N-dealkylation sites (N-methyl/N-ethyl adjacent to an activating group) is 1. The summed E-state index contributed by atoms with van der Waals surface area (Å²) in [5.41, 5.74) is 4.15.